The summed E-state index contributed by atoms with van der Waals surface area (Å²) < 4.78 is 5.50. The molecule has 0 saturated heterocycles. The van der Waals surface area contributed by atoms with E-state index in [0.29, 0.717) is 16.7 Å². The van der Waals surface area contributed by atoms with E-state index >= 15 is 0 Å². The lowest BCUT2D eigenvalue weighted by atomic mass is 10.1. The van der Waals surface area contributed by atoms with Crippen LogP contribution in [0.15, 0.2) is 12.1 Å². The van der Waals surface area contributed by atoms with Gasteiger partial charge in [0, 0.05) is 10.6 Å². The van der Waals surface area contributed by atoms with Crippen molar-refractivity contribution in [2.24, 2.45) is 0 Å². The lowest BCUT2D eigenvalue weighted by molar-refractivity contribution is 0.313. The maximum atomic E-state index is 6.09. The van der Waals surface area contributed by atoms with E-state index in [1.807, 2.05) is 6.07 Å². The van der Waals surface area contributed by atoms with Gasteiger partial charge < -0.3 is 10.1 Å². The fourth-order valence-electron chi connectivity index (χ4n) is 1.68. The first-order valence-electron chi connectivity index (χ1n) is 4.58. The van der Waals surface area contributed by atoms with Crippen molar-refractivity contribution in [3.63, 3.8) is 0 Å². The van der Waals surface area contributed by atoms with Crippen LogP contribution in [-0.2, 0) is 0 Å². The Labute approximate surface area is 93.2 Å². The first kappa shape index (κ1) is 10.1. The van der Waals surface area contributed by atoms with Crippen LogP contribution >= 0.6 is 23.2 Å². The van der Waals surface area contributed by atoms with Gasteiger partial charge in [0.2, 0.25) is 0 Å². The lowest BCUT2D eigenvalue weighted by Crippen LogP contribution is -2.21. The van der Waals surface area contributed by atoms with Gasteiger partial charge >= 0.3 is 0 Å². The third-order valence-electron chi connectivity index (χ3n) is 2.29. The number of benzene rings is 1. The Morgan fingerprint density at radius 3 is 2.86 bits per heavy atom. The minimum Gasteiger partial charge on any atom is -0.490 e. The van der Waals surface area contributed by atoms with Crippen LogP contribution in [0.2, 0.25) is 10.0 Å². The number of hydrogen-bond donors (Lipinski definition) is 1. The molecular formula is C10H11Cl2NO. The van der Waals surface area contributed by atoms with Crippen molar-refractivity contribution in [3.05, 3.63) is 27.7 Å². The van der Waals surface area contributed by atoms with Crippen LogP contribution in [0.5, 0.6) is 5.75 Å². The van der Waals surface area contributed by atoms with E-state index in [9.17, 15) is 0 Å². The Morgan fingerprint density at radius 1 is 1.43 bits per heavy atom. The fourth-order valence-corrected chi connectivity index (χ4v) is 2.18. The molecule has 1 aromatic rings. The van der Waals surface area contributed by atoms with Gasteiger partial charge in [0.15, 0.2) is 0 Å². The zero-order valence-electron chi connectivity index (χ0n) is 7.81. The second-order valence-electron chi connectivity index (χ2n) is 3.19. The number of likely N-dealkylation sites (N-methyl/N-ethyl adjacent to an activating group) is 1. The third kappa shape index (κ3) is 1.58. The van der Waals surface area contributed by atoms with E-state index in [-0.39, 0.29) is 6.04 Å². The molecule has 1 heterocycles. The van der Waals surface area contributed by atoms with E-state index in [4.69, 9.17) is 27.9 Å². The predicted octanol–water partition coefficient (Wildman–Crippen LogP) is 3.04. The van der Waals surface area contributed by atoms with Crippen molar-refractivity contribution in [1.82, 2.24) is 5.32 Å². The minimum atomic E-state index is 0.168. The number of fused-ring (bicyclic) bond motifs is 1. The molecule has 1 atom stereocenters. The topological polar surface area (TPSA) is 21.3 Å². The summed E-state index contributed by atoms with van der Waals surface area (Å²) in [6.07, 6.45) is 0. The van der Waals surface area contributed by atoms with Crippen molar-refractivity contribution >= 4 is 23.2 Å². The number of rotatable bonds is 2. The number of halogens is 2. The standard InChI is InChI=1S/C10H11Cl2NO/c1-2-13-8-5-14-10-7(12)4-3-6(11)9(8)10/h3-4,8,13H,2,5H2,1H3. The predicted molar refractivity (Wildman–Crippen MR) is 58.4 cm³/mol. The monoisotopic (exact) mass is 231 g/mol. The first-order valence-corrected chi connectivity index (χ1v) is 5.33. The molecule has 0 saturated carbocycles. The number of ether oxygens (including phenoxy) is 1. The molecule has 14 heavy (non-hydrogen) atoms. The van der Waals surface area contributed by atoms with Crippen molar-refractivity contribution in [2.75, 3.05) is 13.2 Å². The molecule has 1 N–H and O–H groups in total. The Kier molecular flexibility index (Phi) is 2.86. The van der Waals surface area contributed by atoms with Gasteiger partial charge in [-0.2, -0.15) is 0 Å². The van der Waals surface area contributed by atoms with Gasteiger partial charge in [-0.3, -0.25) is 0 Å². The highest BCUT2D eigenvalue weighted by Crippen LogP contribution is 2.42. The van der Waals surface area contributed by atoms with Crippen molar-refractivity contribution in [2.45, 2.75) is 13.0 Å². The summed E-state index contributed by atoms with van der Waals surface area (Å²) in [5, 5.41) is 4.65. The summed E-state index contributed by atoms with van der Waals surface area (Å²) in [4.78, 5) is 0. The van der Waals surface area contributed by atoms with Crippen molar-refractivity contribution < 1.29 is 4.74 Å². The van der Waals surface area contributed by atoms with Crippen LogP contribution in [0.4, 0.5) is 0 Å². The normalized spacial score (nSPS) is 19.2. The van der Waals surface area contributed by atoms with Crippen LogP contribution in [0.3, 0.4) is 0 Å². The lowest BCUT2D eigenvalue weighted by Gasteiger charge is -2.10. The summed E-state index contributed by atoms with van der Waals surface area (Å²) in [6.45, 7) is 3.54. The largest absolute Gasteiger partial charge is 0.490 e. The molecule has 4 heteroatoms. The molecule has 0 fully saturated rings. The molecule has 1 unspecified atom stereocenters. The highest BCUT2D eigenvalue weighted by Gasteiger charge is 2.27. The summed E-state index contributed by atoms with van der Waals surface area (Å²) in [6, 6.07) is 3.74. The molecule has 0 aromatic heterocycles. The third-order valence-corrected chi connectivity index (χ3v) is 2.92. The molecule has 0 amide bonds. The summed E-state index contributed by atoms with van der Waals surface area (Å²) in [5.41, 5.74) is 0.987. The van der Waals surface area contributed by atoms with Gasteiger partial charge in [-0.25, -0.2) is 0 Å². The summed E-state index contributed by atoms with van der Waals surface area (Å²) in [5.74, 6) is 0.727. The molecule has 1 aliphatic heterocycles. The molecule has 2 rings (SSSR count). The zero-order valence-corrected chi connectivity index (χ0v) is 9.32. The highest BCUT2D eigenvalue weighted by molar-refractivity contribution is 6.35. The van der Waals surface area contributed by atoms with Crippen LogP contribution in [-0.4, -0.2) is 13.2 Å². The second kappa shape index (κ2) is 3.97. The van der Waals surface area contributed by atoms with Crippen LogP contribution in [0.1, 0.15) is 18.5 Å². The molecule has 0 bridgehead atoms. The van der Waals surface area contributed by atoms with E-state index in [0.717, 1.165) is 17.9 Å². The van der Waals surface area contributed by atoms with Gasteiger partial charge in [-0.05, 0) is 18.7 Å². The highest BCUT2D eigenvalue weighted by atomic mass is 35.5. The van der Waals surface area contributed by atoms with E-state index in [2.05, 4.69) is 12.2 Å². The maximum Gasteiger partial charge on any atom is 0.144 e. The van der Waals surface area contributed by atoms with E-state index in [1.165, 1.54) is 0 Å². The summed E-state index contributed by atoms with van der Waals surface area (Å²) >= 11 is 12.1. The van der Waals surface area contributed by atoms with Gasteiger partial charge in [-0.15, -0.1) is 0 Å². The average molecular weight is 232 g/mol. The Balaban J connectivity index is 2.42. The van der Waals surface area contributed by atoms with Crippen molar-refractivity contribution in [3.8, 4) is 5.75 Å². The Hall–Kier alpha value is -0.440. The Morgan fingerprint density at radius 2 is 2.14 bits per heavy atom. The average Bonchev–Trinajstić information content (AvgIpc) is 2.58. The molecule has 0 spiro atoms. The van der Waals surface area contributed by atoms with Gasteiger partial charge in [0.1, 0.15) is 12.4 Å². The quantitative estimate of drug-likeness (QED) is 0.846. The molecule has 2 nitrogen and oxygen atoms in total. The van der Waals surface area contributed by atoms with Crippen molar-refractivity contribution in [1.29, 1.82) is 0 Å². The van der Waals surface area contributed by atoms with E-state index in [1.54, 1.807) is 6.07 Å². The van der Waals surface area contributed by atoms with Gasteiger partial charge in [0.25, 0.3) is 0 Å². The second-order valence-corrected chi connectivity index (χ2v) is 4.01. The smallest absolute Gasteiger partial charge is 0.144 e. The molecule has 1 aromatic carbocycles. The van der Waals surface area contributed by atoms with E-state index < -0.39 is 0 Å². The molecule has 0 radical (unpaired) electrons. The molecule has 76 valence electrons. The number of nitrogens with one attached hydrogen (secondary N) is 1. The molecule has 0 aliphatic carbocycles. The maximum absolute atomic E-state index is 6.09. The Bertz CT molecular complexity index is 354. The van der Waals surface area contributed by atoms with Crippen LogP contribution < -0.4 is 10.1 Å². The number of hydrogen-bond acceptors (Lipinski definition) is 2. The first-order chi connectivity index (χ1) is 6.74. The summed E-state index contributed by atoms with van der Waals surface area (Å²) in [7, 11) is 0. The molecular weight excluding hydrogens is 221 g/mol. The van der Waals surface area contributed by atoms with Crippen LogP contribution in [0.25, 0.3) is 0 Å². The molecule has 1 aliphatic rings. The SMILES string of the molecule is CCNC1COc2c(Cl)ccc(Cl)c21. The minimum absolute atomic E-state index is 0.168. The van der Waals surface area contributed by atoms with Gasteiger partial charge in [-0.1, -0.05) is 30.1 Å². The van der Waals surface area contributed by atoms with Gasteiger partial charge in [0.05, 0.1) is 11.1 Å². The zero-order chi connectivity index (χ0) is 10.1. The van der Waals surface area contributed by atoms with Crippen LogP contribution in [0, 0.1) is 0 Å². The fraction of sp³-hybridized carbons (Fsp3) is 0.400.